The van der Waals surface area contributed by atoms with Crippen LogP contribution >= 0.6 is 23.2 Å². The van der Waals surface area contributed by atoms with Crippen molar-refractivity contribution < 1.29 is 19.7 Å². The lowest BCUT2D eigenvalue weighted by atomic mass is 9.93. The Kier molecular flexibility index (Phi) is 7.72. The molecular weight excluding hydrogens is 553 g/mol. The van der Waals surface area contributed by atoms with Gasteiger partial charge in [0.25, 0.3) is 0 Å². The first-order chi connectivity index (χ1) is 19.1. The molecule has 40 heavy (non-hydrogen) atoms. The molecule has 2 aromatic carbocycles. The molecule has 0 saturated carbocycles. The number of β-amino-alcohol motifs (C(OH)–C–C–N with tert-alkyl or cyclic N) is 1. The van der Waals surface area contributed by atoms with Gasteiger partial charge in [0.2, 0.25) is 0 Å². The van der Waals surface area contributed by atoms with Crippen molar-refractivity contribution in [2.24, 2.45) is 0 Å². The lowest BCUT2D eigenvalue weighted by molar-refractivity contribution is 0.0606. The van der Waals surface area contributed by atoms with E-state index in [0.29, 0.717) is 45.8 Å². The maximum Gasteiger partial charge on any atom is 0.337 e. The standard InChI is InChI=1S/C29H29Cl2N5O4/c1-17(2)36-24(27(33-34-36)26-18(3)5-4-6-22(26)30)15-40-20-8-9-21(23(31)13-20)29(39)11-12-35(16-29)25-10-7-19(14-32-25)28(37)38/h4-10,13-14,17,39H,11-12,15-16H2,1-3H3,(H,37,38). The topological polar surface area (TPSA) is 114 Å². The summed E-state index contributed by atoms with van der Waals surface area (Å²) in [5, 5.41) is 30.4. The molecule has 0 radical (unpaired) electrons. The van der Waals surface area contributed by atoms with Crippen LogP contribution in [0.1, 0.15) is 53.5 Å². The molecule has 2 aromatic heterocycles. The Morgan fingerprint density at radius 2 is 1.95 bits per heavy atom. The predicted octanol–water partition coefficient (Wildman–Crippen LogP) is 5.91. The number of carbonyl (C=O) groups is 1. The number of hydrogen-bond donors (Lipinski definition) is 2. The fraction of sp³-hybridized carbons (Fsp3) is 0.310. The minimum absolute atomic E-state index is 0.0583. The number of rotatable bonds is 8. The molecule has 9 nitrogen and oxygen atoms in total. The molecule has 1 fully saturated rings. The second-order valence-electron chi connectivity index (χ2n) is 10.2. The van der Waals surface area contributed by atoms with Crippen LogP contribution in [0.25, 0.3) is 11.3 Å². The second kappa shape index (κ2) is 11.1. The summed E-state index contributed by atoms with van der Waals surface area (Å²) in [6.45, 7) is 7.03. The monoisotopic (exact) mass is 581 g/mol. The summed E-state index contributed by atoms with van der Waals surface area (Å²) in [6, 6.07) is 14.2. The lowest BCUT2D eigenvalue weighted by Crippen LogP contribution is -2.31. The average Bonchev–Trinajstić information content (AvgIpc) is 3.52. The van der Waals surface area contributed by atoms with Gasteiger partial charge >= 0.3 is 5.97 Å². The predicted molar refractivity (Wildman–Crippen MR) is 153 cm³/mol. The smallest absolute Gasteiger partial charge is 0.337 e. The number of hydrogen-bond acceptors (Lipinski definition) is 7. The number of ether oxygens (including phenoxy) is 1. The second-order valence-corrected chi connectivity index (χ2v) is 11.0. The van der Waals surface area contributed by atoms with E-state index in [4.69, 9.17) is 33.0 Å². The molecule has 1 saturated heterocycles. The molecule has 0 amide bonds. The average molecular weight is 582 g/mol. The number of carboxylic acid groups (broad SMARTS) is 1. The molecule has 4 aromatic rings. The molecule has 1 atom stereocenters. The van der Waals surface area contributed by atoms with Gasteiger partial charge in [0.05, 0.1) is 22.2 Å². The number of aromatic nitrogens is 4. The molecule has 1 unspecified atom stereocenters. The maximum atomic E-state index is 11.5. The van der Waals surface area contributed by atoms with Gasteiger partial charge in [-0.05, 0) is 63.1 Å². The van der Waals surface area contributed by atoms with E-state index in [2.05, 4.69) is 15.3 Å². The Labute approximate surface area is 241 Å². The van der Waals surface area contributed by atoms with Crippen LogP contribution in [-0.4, -0.2) is 49.2 Å². The number of pyridine rings is 1. The van der Waals surface area contributed by atoms with Crippen molar-refractivity contribution in [3.05, 3.63) is 87.2 Å². The summed E-state index contributed by atoms with van der Waals surface area (Å²) in [6.07, 6.45) is 1.75. The van der Waals surface area contributed by atoms with Crippen molar-refractivity contribution >= 4 is 35.0 Å². The molecule has 0 bridgehead atoms. The van der Waals surface area contributed by atoms with E-state index in [1.165, 1.54) is 12.3 Å². The van der Waals surface area contributed by atoms with Crippen LogP contribution in [-0.2, 0) is 12.2 Å². The molecule has 1 aliphatic rings. The Balaban J connectivity index is 1.34. The van der Waals surface area contributed by atoms with Crippen LogP contribution in [0.15, 0.2) is 54.7 Å². The zero-order chi connectivity index (χ0) is 28.6. The highest BCUT2D eigenvalue weighted by molar-refractivity contribution is 6.33. The van der Waals surface area contributed by atoms with Crippen LogP contribution < -0.4 is 9.64 Å². The minimum Gasteiger partial charge on any atom is -0.487 e. The van der Waals surface area contributed by atoms with E-state index in [0.717, 1.165) is 16.8 Å². The molecule has 1 aliphatic heterocycles. The molecular formula is C29H29Cl2N5O4. The van der Waals surface area contributed by atoms with Crippen LogP contribution in [0.2, 0.25) is 10.0 Å². The van der Waals surface area contributed by atoms with E-state index < -0.39 is 11.6 Å². The first kappa shape index (κ1) is 27.9. The van der Waals surface area contributed by atoms with E-state index in [1.54, 1.807) is 24.3 Å². The van der Waals surface area contributed by atoms with Gasteiger partial charge in [-0.15, -0.1) is 5.10 Å². The summed E-state index contributed by atoms with van der Waals surface area (Å²) in [7, 11) is 0. The van der Waals surface area contributed by atoms with E-state index >= 15 is 0 Å². The zero-order valence-electron chi connectivity index (χ0n) is 22.3. The number of aliphatic hydroxyl groups is 1. The summed E-state index contributed by atoms with van der Waals surface area (Å²) < 4.78 is 7.98. The van der Waals surface area contributed by atoms with Gasteiger partial charge in [-0.2, -0.15) is 0 Å². The molecule has 2 N–H and O–H groups in total. The highest BCUT2D eigenvalue weighted by atomic mass is 35.5. The van der Waals surface area contributed by atoms with Crippen molar-refractivity contribution in [1.29, 1.82) is 0 Å². The van der Waals surface area contributed by atoms with Crippen LogP contribution in [0, 0.1) is 6.92 Å². The van der Waals surface area contributed by atoms with E-state index in [9.17, 15) is 9.90 Å². The van der Waals surface area contributed by atoms with Crippen molar-refractivity contribution in [2.75, 3.05) is 18.0 Å². The van der Waals surface area contributed by atoms with Crippen LogP contribution in [0.4, 0.5) is 5.82 Å². The molecule has 208 valence electrons. The Morgan fingerprint density at radius 3 is 2.60 bits per heavy atom. The number of aryl methyl sites for hydroxylation is 1. The summed E-state index contributed by atoms with van der Waals surface area (Å²) >= 11 is 13.2. The van der Waals surface area contributed by atoms with Crippen LogP contribution in [0.5, 0.6) is 5.75 Å². The largest absolute Gasteiger partial charge is 0.487 e. The highest BCUT2D eigenvalue weighted by Crippen LogP contribution is 2.39. The Hall–Kier alpha value is -3.66. The third-order valence-electron chi connectivity index (χ3n) is 7.12. The summed E-state index contributed by atoms with van der Waals surface area (Å²) in [5.41, 5.74) is 2.78. The first-order valence-corrected chi connectivity index (χ1v) is 13.6. The SMILES string of the molecule is Cc1cccc(Cl)c1-c1nnn(C(C)C)c1COc1ccc(C2(O)CCN(c3ccc(C(=O)O)cn3)C2)c(Cl)c1. The molecule has 5 rings (SSSR count). The van der Waals surface area contributed by atoms with Gasteiger partial charge in [-0.1, -0.05) is 46.6 Å². The molecule has 0 aliphatic carbocycles. The fourth-order valence-corrected chi connectivity index (χ4v) is 5.67. The number of carboxylic acids is 1. The van der Waals surface area contributed by atoms with Crippen molar-refractivity contribution in [3.8, 4) is 17.0 Å². The van der Waals surface area contributed by atoms with Gasteiger partial charge < -0.3 is 19.8 Å². The van der Waals surface area contributed by atoms with Crippen molar-refractivity contribution in [2.45, 2.75) is 45.4 Å². The molecule has 11 heteroatoms. The Bertz CT molecular complexity index is 1540. The quantitative estimate of drug-likeness (QED) is 0.264. The van der Waals surface area contributed by atoms with Crippen molar-refractivity contribution in [1.82, 2.24) is 20.0 Å². The number of benzene rings is 2. The Morgan fingerprint density at radius 1 is 1.15 bits per heavy atom. The number of halogens is 2. The summed E-state index contributed by atoms with van der Waals surface area (Å²) in [5.74, 6) is 0.0968. The third kappa shape index (κ3) is 5.37. The van der Waals surface area contributed by atoms with Gasteiger partial charge in [0, 0.05) is 29.9 Å². The lowest BCUT2D eigenvalue weighted by Gasteiger charge is -2.25. The van der Waals surface area contributed by atoms with Gasteiger partial charge in [-0.3, -0.25) is 0 Å². The van der Waals surface area contributed by atoms with E-state index in [-0.39, 0.29) is 24.8 Å². The number of aromatic carboxylic acids is 1. The fourth-order valence-electron chi connectivity index (χ4n) is 5.01. The van der Waals surface area contributed by atoms with Gasteiger partial charge in [0.15, 0.2) is 0 Å². The normalized spacial score (nSPS) is 17.0. The minimum atomic E-state index is -1.20. The zero-order valence-corrected chi connectivity index (χ0v) is 23.8. The number of nitrogens with zero attached hydrogens (tertiary/aromatic N) is 5. The maximum absolute atomic E-state index is 11.5. The van der Waals surface area contributed by atoms with Crippen LogP contribution in [0.3, 0.4) is 0 Å². The molecule has 3 heterocycles. The third-order valence-corrected chi connectivity index (χ3v) is 7.75. The van der Waals surface area contributed by atoms with Gasteiger partial charge in [0.1, 0.15) is 35.2 Å². The number of anilines is 1. The van der Waals surface area contributed by atoms with Gasteiger partial charge in [-0.25, -0.2) is 14.5 Å². The highest BCUT2D eigenvalue weighted by Gasteiger charge is 2.39. The van der Waals surface area contributed by atoms with E-state index in [1.807, 2.05) is 48.6 Å². The first-order valence-electron chi connectivity index (χ1n) is 12.9. The van der Waals surface area contributed by atoms with Crippen molar-refractivity contribution in [3.63, 3.8) is 0 Å². The molecule has 0 spiro atoms. The summed E-state index contributed by atoms with van der Waals surface area (Å²) in [4.78, 5) is 17.3.